The highest BCUT2D eigenvalue weighted by atomic mass is 19.1. The molecule has 2 aromatic rings. The van der Waals surface area contributed by atoms with Gasteiger partial charge in [0.15, 0.2) is 0 Å². The number of hydrogen-bond donors (Lipinski definition) is 2. The van der Waals surface area contributed by atoms with Crippen molar-refractivity contribution >= 4 is 11.7 Å². The fourth-order valence-corrected chi connectivity index (χ4v) is 1.74. The maximum absolute atomic E-state index is 13.6. The molecule has 0 amide bonds. The summed E-state index contributed by atoms with van der Waals surface area (Å²) in [5.74, 6) is -1.72. The van der Waals surface area contributed by atoms with Gasteiger partial charge in [-0.15, -0.1) is 0 Å². The molecule has 0 bridgehead atoms. The van der Waals surface area contributed by atoms with Gasteiger partial charge in [0.2, 0.25) is 0 Å². The van der Waals surface area contributed by atoms with Gasteiger partial charge in [-0.05, 0) is 24.3 Å². The van der Waals surface area contributed by atoms with Crippen LogP contribution < -0.4 is 5.32 Å². The fourth-order valence-electron chi connectivity index (χ4n) is 1.74. The van der Waals surface area contributed by atoms with E-state index in [9.17, 15) is 9.18 Å². The first-order valence-electron chi connectivity index (χ1n) is 5.84. The van der Waals surface area contributed by atoms with Crippen LogP contribution in [-0.4, -0.2) is 22.6 Å². The molecule has 0 aliphatic carbocycles. The largest absolute Gasteiger partial charge is 0.478 e. The highest BCUT2D eigenvalue weighted by Gasteiger charge is 2.13. The van der Waals surface area contributed by atoms with Crippen molar-refractivity contribution in [1.82, 2.24) is 4.98 Å². The molecule has 0 spiro atoms. The van der Waals surface area contributed by atoms with Crippen LogP contribution in [0.15, 0.2) is 42.6 Å². The number of aromatic carboxylic acids is 1. The standard InChI is InChI=1S/C14H13FN2O2/c15-12-6-3-5-11(14(18)19)13(12)17-9-7-10-4-1-2-8-16-10/h1-6,8,17H,7,9H2,(H,18,19). The maximum Gasteiger partial charge on any atom is 0.337 e. The van der Waals surface area contributed by atoms with Crippen LogP contribution in [0.5, 0.6) is 0 Å². The summed E-state index contributed by atoms with van der Waals surface area (Å²) >= 11 is 0. The highest BCUT2D eigenvalue weighted by molar-refractivity contribution is 5.94. The molecule has 19 heavy (non-hydrogen) atoms. The molecule has 0 aliphatic heterocycles. The Balaban J connectivity index is 2.05. The first-order chi connectivity index (χ1) is 9.18. The summed E-state index contributed by atoms with van der Waals surface area (Å²) in [5.41, 5.74) is 0.815. The second-order valence-corrected chi connectivity index (χ2v) is 3.97. The molecule has 0 fully saturated rings. The van der Waals surface area contributed by atoms with Crippen molar-refractivity contribution < 1.29 is 14.3 Å². The van der Waals surface area contributed by atoms with Crippen molar-refractivity contribution in [1.29, 1.82) is 0 Å². The zero-order chi connectivity index (χ0) is 13.7. The number of anilines is 1. The summed E-state index contributed by atoms with van der Waals surface area (Å²) < 4.78 is 13.6. The number of pyridine rings is 1. The van der Waals surface area contributed by atoms with Gasteiger partial charge < -0.3 is 10.4 Å². The van der Waals surface area contributed by atoms with E-state index in [1.54, 1.807) is 6.20 Å². The van der Waals surface area contributed by atoms with Crippen molar-refractivity contribution in [3.63, 3.8) is 0 Å². The van der Waals surface area contributed by atoms with Gasteiger partial charge in [0.1, 0.15) is 5.82 Å². The number of nitrogens with one attached hydrogen (secondary N) is 1. The molecule has 2 rings (SSSR count). The first kappa shape index (κ1) is 13.0. The van der Waals surface area contributed by atoms with E-state index in [1.165, 1.54) is 18.2 Å². The molecule has 0 radical (unpaired) electrons. The molecular formula is C14H13FN2O2. The monoisotopic (exact) mass is 260 g/mol. The number of carboxylic acids is 1. The first-order valence-corrected chi connectivity index (χ1v) is 5.84. The normalized spacial score (nSPS) is 10.2. The lowest BCUT2D eigenvalue weighted by molar-refractivity contribution is 0.0697. The van der Waals surface area contributed by atoms with Gasteiger partial charge >= 0.3 is 5.97 Å². The lowest BCUT2D eigenvalue weighted by Crippen LogP contribution is -2.11. The Bertz CT molecular complexity index is 573. The Morgan fingerprint density at radius 2 is 2.11 bits per heavy atom. The van der Waals surface area contributed by atoms with E-state index < -0.39 is 11.8 Å². The zero-order valence-electron chi connectivity index (χ0n) is 10.1. The second kappa shape index (κ2) is 5.95. The number of carbonyl (C=O) groups is 1. The molecule has 0 unspecified atom stereocenters. The van der Waals surface area contributed by atoms with Gasteiger partial charge in [-0.3, -0.25) is 4.98 Å². The summed E-state index contributed by atoms with van der Waals surface area (Å²) in [7, 11) is 0. The van der Waals surface area contributed by atoms with Crippen LogP contribution in [0.2, 0.25) is 0 Å². The lowest BCUT2D eigenvalue weighted by Gasteiger charge is -2.10. The number of benzene rings is 1. The van der Waals surface area contributed by atoms with Crippen LogP contribution in [0, 0.1) is 5.82 Å². The van der Waals surface area contributed by atoms with E-state index >= 15 is 0 Å². The Hall–Kier alpha value is -2.43. The van der Waals surface area contributed by atoms with Gasteiger partial charge in [0.05, 0.1) is 11.3 Å². The van der Waals surface area contributed by atoms with Crippen molar-refractivity contribution in [3.05, 3.63) is 59.7 Å². The van der Waals surface area contributed by atoms with E-state index in [0.717, 1.165) is 5.69 Å². The third-order valence-corrected chi connectivity index (χ3v) is 2.65. The van der Waals surface area contributed by atoms with Crippen LogP contribution in [0.4, 0.5) is 10.1 Å². The molecule has 0 saturated carbocycles. The summed E-state index contributed by atoms with van der Waals surface area (Å²) in [6, 6.07) is 9.53. The maximum atomic E-state index is 13.6. The van der Waals surface area contributed by atoms with E-state index in [0.29, 0.717) is 13.0 Å². The molecule has 0 saturated heterocycles. The molecule has 1 aromatic heterocycles. The smallest absolute Gasteiger partial charge is 0.337 e. The van der Waals surface area contributed by atoms with Gasteiger partial charge in [-0.2, -0.15) is 0 Å². The van der Waals surface area contributed by atoms with E-state index in [2.05, 4.69) is 10.3 Å². The average Bonchev–Trinajstić information content (AvgIpc) is 2.41. The summed E-state index contributed by atoms with van der Waals surface area (Å²) in [5, 5.41) is 11.8. The molecule has 0 atom stereocenters. The molecular weight excluding hydrogens is 247 g/mol. The summed E-state index contributed by atoms with van der Waals surface area (Å²) in [6.07, 6.45) is 2.27. The number of rotatable bonds is 5. The minimum absolute atomic E-state index is 0.0194. The number of halogens is 1. The number of para-hydroxylation sites is 1. The van der Waals surface area contributed by atoms with Crippen molar-refractivity contribution in [2.45, 2.75) is 6.42 Å². The van der Waals surface area contributed by atoms with Crippen LogP contribution in [0.3, 0.4) is 0 Å². The van der Waals surface area contributed by atoms with Crippen LogP contribution in [-0.2, 0) is 6.42 Å². The molecule has 1 aromatic carbocycles. The van der Waals surface area contributed by atoms with Crippen molar-refractivity contribution in [3.8, 4) is 0 Å². The molecule has 2 N–H and O–H groups in total. The van der Waals surface area contributed by atoms with E-state index in [1.807, 2.05) is 18.2 Å². The Kier molecular flexibility index (Phi) is 4.07. The van der Waals surface area contributed by atoms with Crippen molar-refractivity contribution in [2.75, 3.05) is 11.9 Å². The summed E-state index contributed by atoms with van der Waals surface area (Å²) in [4.78, 5) is 15.1. The Labute approximate surface area is 109 Å². The van der Waals surface area contributed by atoms with Gasteiger partial charge in [0, 0.05) is 24.9 Å². The molecule has 4 nitrogen and oxygen atoms in total. The third-order valence-electron chi connectivity index (χ3n) is 2.65. The van der Waals surface area contributed by atoms with Gasteiger partial charge in [-0.1, -0.05) is 12.1 Å². The van der Waals surface area contributed by atoms with Gasteiger partial charge in [-0.25, -0.2) is 9.18 Å². The predicted molar refractivity (Wildman–Crippen MR) is 69.8 cm³/mol. The Morgan fingerprint density at radius 1 is 1.26 bits per heavy atom. The minimum atomic E-state index is -1.15. The lowest BCUT2D eigenvalue weighted by atomic mass is 10.1. The number of nitrogens with zero attached hydrogens (tertiary/aromatic N) is 1. The molecule has 98 valence electrons. The molecule has 1 heterocycles. The van der Waals surface area contributed by atoms with Crippen LogP contribution >= 0.6 is 0 Å². The fraction of sp³-hybridized carbons (Fsp3) is 0.143. The van der Waals surface area contributed by atoms with Crippen molar-refractivity contribution in [2.24, 2.45) is 0 Å². The SMILES string of the molecule is O=C(O)c1cccc(F)c1NCCc1ccccn1. The van der Waals surface area contributed by atoms with E-state index in [4.69, 9.17) is 5.11 Å². The Morgan fingerprint density at radius 3 is 2.79 bits per heavy atom. The molecule has 5 heteroatoms. The van der Waals surface area contributed by atoms with Crippen LogP contribution in [0.25, 0.3) is 0 Å². The highest BCUT2D eigenvalue weighted by Crippen LogP contribution is 2.19. The minimum Gasteiger partial charge on any atom is -0.478 e. The molecule has 0 aliphatic rings. The van der Waals surface area contributed by atoms with Crippen LogP contribution in [0.1, 0.15) is 16.1 Å². The number of hydrogen-bond acceptors (Lipinski definition) is 3. The second-order valence-electron chi connectivity index (χ2n) is 3.97. The predicted octanol–water partition coefficient (Wildman–Crippen LogP) is 2.57. The number of carboxylic acid groups (broad SMARTS) is 1. The van der Waals surface area contributed by atoms with Gasteiger partial charge in [0.25, 0.3) is 0 Å². The quantitative estimate of drug-likeness (QED) is 0.867. The van der Waals surface area contributed by atoms with E-state index in [-0.39, 0.29) is 11.3 Å². The average molecular weight is 260 g/mol. The summed E-state index contributed by atoms with van der Waals surface area (Å²) in [6.45, 7) is 0.415. The zero-order valence-corrected chi connectivity index (χ0v) is 10.1. The topological polar surface area (TPSA) is 62.2 Å². The number of aromatic nitrogens is 1. The third kappa shape index (κ3) is 3.28.